The van der Waals surface area contributed by atoms with Crippen molar-refractivity contribution in [3.63, 3.8) is 0 Å². The van der Waals surface area contributed by atoms with Crippen LogP contribution in [0.2, 0.25) is 0 Å². The van der Waals surface area contributed by atoms with E-state index in [1.54, 1.807) is 6.07 Å². The van der Waals surface area contributed by atoms with Crippen molar-refractivity contribution in [2.75, 3.05) is 0 Å². The van der Waals surface area contributed by atoms with Gasteiger partial charge in [0.1, 0.15) is 23.3 Å². The number of nitriles is 1. The number of hydrogen-bond donors (Lipinski definition) is 0. The Hall–Kier alpha value is -3.25. The van der Waals surface area contributed by atoms with Gasteiger partial charge in [0.25, 0.3) is 0 Å². The fraction of sp³-hybridized carbons (Fsp3) is 0.192. The Kier molecular flexibility index (Phi) is 5.27. The van der Waals surface area contributed by atoms with E-state index in [4.69, 9.17) is 5.26 Å². The van der Waals surface area contributed by atoms with E-state index in [1.165, 1.54) is 47.7 Å². The van der Waals surface area contributed by atoms with Gasteiger partial charge in [-0.2, -0.15) is 5.26 Å². The third kappa shape index (κ3) is 3.71. The van der Waals surface area contributed by atoms with Crippen LogP contribution in [0.5, 0.6) is 0 Å². The fourth-order valence-electron chi connectivity index (χ4n) is 3.88. The van der Waals surface area contributed by atoms with Gasteiger partial charge in [0.15, 0.2) is 0 Å². The first-order chi connectivity index (χ1) is 14.1. The molecular formula is C26H21F2N. The molecule has 0 saturated heterocycles. The van der Waals surface area contributed by atoms with Crippen LogP contribution in [0.1, 0.15) is 37.3 Å². The van der Waals surface area contributed by atoms with Gasteiger partial charge in [-0.15, -0.1) is 0 Å². The lowest BCUT2D eigenvalue weighted by Crippen LogP contribution is -1.92. The molecule has 0 bridgehead atoms. The highest BCUT2D eigenvalue weighted by atomic mass is 19.1. The van der Waals surface area contributed by atoms with Crippen molar-refractivity contribution in [3.8, 4) is 17.2 Å². The zero-order valence-corrected chi connectivity index (χ0v) is 16.3. The molecule has 1 nitrogen and oxygen atoms in total. The molecular weight excluding hydrogens is 364 g/mol. The summed E-state index contributed by atoms with van der Waals surface area (Å²) < 4.78 is 28.0. The third-order valence-corrected chi connectivity index (χ3v) is 5.46. The molecule has 4 rings (SSSR count). The Balaban J connectivity index is 1.74. The summed E-state index contributed by atoms with van der Waals surface area (Å²) in [6.45, 7) is 2.21. The van der Waals surface area contributed by atoms with Crippen LogP contribution in [-0.4, -0.2) is 0 Å². The van der Waals surface area contributed by atoms with Crippen molar-refractivity contribution in [2.24, 2.45) is 0 Å². The molecule has 4 aromatic rings. The van der Waals surface area contributed by atoms with Crippen molar-refractivity contribution in [3.05, 3.63) is 83.4 Å². The highest BCUT2D eigenvalue weighted by Crippen LogP contribution is 2.31. The lowest BCUT2D eigenvalue weighted by Gasteiger charge is -2.10. The van der Waals surface area contributed by atoms with Crippen LogP contribution in [0.15, 0.2) is 60.7 Å². The number of benzene rings is 4. The quantitative estimate of drug-likeness (QED) is 0.257. The molecule has 0 heterocycles. The van der Waals surface area contributed by atoms with Crippen molar-refractivity contribution in [1.29, 1.82) is 5.26 Å². The van der Waals surface area contributed by atoms with Crippen LogP contribution in [0.4, 0.5) is 8.78 Å². The van der Waals surface area contributed by atoms with E-state index in [-0.39, 0.29) is 0 Å². The first-order valence-electron chi connectivity index (χ1n) is 9.95. The highest BCUT2D eigenvalue weighted by molar-refractivity contribution is 6.08. The number of nitrogens with zero attached hydrogens (tertiary/aromatic N) is 1. The molecule has 29 heavy (non-hydrogen) atoms. The molecule has 0 aliphatic heterocycles. The van der Waals surface area contributed by atoms with Crippen LogP contribution in [0, 0.1) is 23.0 Å². The second kappa shape index (κ2) is 8.01. The van der Waals surface area contributed by atoms with E-state index in [0.29, 0.717) is 5.56 Å². The Morgan fingerprint density at radius 2 is 1.41 bits per heavy atom. The summed E-state index contributed by atoms with van der Waals surface area (Å²) in [4.78, 5) is 0. The molecule has 0 unspecified atom stereocenters. The van der Waals surface area contributed by atoms with Gasteiger partial charge in [-0.25, -0.2) is 8.78 Å². The molecule has 0 aliphatic carbocycles. The molecule has 0 radical (unpaired) electrons. The van der Waals surface area contributed by atoms with Crippen molar-refractivity contribution >= 4 is 21.5 Å². The second-order valence-corrected chi connectivity index (χ2v) is 7.44. The van der Waals surface area contributed by atoms with Crippen LogP contribution in [0.3, 0.4) is 0 Å². The minimum absolute atomic E-state index is 0.423. The minimum atomic E-state index is -0.836. The molecule has 0 N–H and O–H groups in total. The van der Waals surface area contributed by atoms with Crippen LogP contribution < -0.4 is 0 Å². The summed E-state index contributed by atoms with van der Waals surface area (Å²) in [5, 5.41) is 13.4. The van der Waals surface area contributed by atoms with Gasteiger partial charge < -0.3 is 0 Å². The average Bonchev–Trinajstić information content (AvgIpc) is 2.73. The van der Waals surface area contributed by atoms with Crippen LogP contribution >= 0.6 is 0 Å². The van der Waals surface area contributed by atoms with Gasteiger partial charge in [0.2, 0.25) is 0 Å². The SMILES string of the molecule is CCCCCc1ccc2c(ccc3cc(-c4cc(F)c(C#N)c(F)c4)ccc32)c1. The van der Waals surface area contributed by atoms with Gasteiger partial charge in [0, 0.05) is 0 Å². The third-order valence-electron chi connectivity index (χ3n) is 5.46. The fourth-order valence-corrected chi connectivity index (χ4v) is 3.88. The van der Waals surface area contributed by atoms with E-state index in [0.717, 1.165) is 22.8 Å². The van der Waals surface area contributed by atoms with Crippen molar-refractivity contribution < 1.29 is 8.78 Å². The minimum Gasteiger partial charge on any atom is -0.205 e. The van der Waals surface area contributed by atoms with Crippen LogP contribution in [0.25, 0.3) is 32.7 Å². The topological polar surface area (TPSA) is 23.8 Å². The Bertz CT molecular complexity index is 1230. The van der Waals surface area contributed by atoms with E-state index < -0.39 is 17.2 Å². The maximum absolute atomic E-state index is 14.0. The molecule has 0 aromatic heterocycles. The maximum atomic E-state index is 14.0. The van der Waals surface area contributed by atoms with Gasteiger partial charge in [0.05, 0.1) is 0 Å². The number of hydrogen-bond acceptors (Lipinski definition) is 1. The Morgan fingerprint density at radius 3 is 2.07 bits per heavy atom. The van der Waals surface area contributed by atoms with Gasteiger partial charge in [-0.3, -0.25) is 0 Å². The molecule has 0 saturated carbocycles. The van der Waals surface area contributed by atoms with E-state index in [1.807, 2.05) is 24.3 Å². The average molecular weight is 385 g/mol. The number of rotatable bonds is 5. The number of fused-ring (bicyclic) bond motifs is 3. The van der Waals surface area contributed by atoms with Crippen molar-refractivity contribution in [1.82, 2.24) is 0 Å². The normalized spacial score (nSPS) is 11.1. The summed E-state index contributed by atoms with van der Waals surface area (Å²) in [6, 6.07) is 20.6. The van der Waals surface area contributed by atoms with E-state index >= 15 is 0 Å². The first kappa shape index (κ1) is 19.1. The van der Waals surface area contributed by atoms with Gasteiger partial charge in [-0.05, 0) is 69.3 Å². The molecule has 0 atom stereocenters. The Labute approximate surface area is 169 Å². The highest BCUT2D eigenvalue weighted by Gasteiger charge is 2.12. The number of aryl methyl sites for hydroxylation is 1. The Morgan fingerprint density at radius 1 is 0.759 bits per heavy atom. The lowest BCUT2D eigenvalue weighted by molar-refractivity contribution is 0.577. The number of halogens is 2. The van der Waals surface area contributed by atoms with Gasteiger partial charge in [-0.1, -0.05) is 62.2 Å². The second-order valence-electron chi connectivity index (χ2n) is 7.44. The largest absolute Gasteiger partial charge is 0.205 e. The van der Waals surface area contributed by atoms with Crippen molar-refractivity contribution in [2.45, 2.75) is 32.6 Å². The summed E-state index contributed by atoms with van der Waals surface area (Å²) >= 11 is 0. The predicted octanol–water partition coefficient (Wildman–Crippen LogP) is 7.54. The monoisotopic (exact) mass is 385 g/mol. The predicted molar refractivity (Wildman–Crippen MR) is 115 cm³/mol. The molecule has 0 amide bonds. The van der Waals surface area contributed by atoms with Gasteiger partial charge >= 0.3 is 0 Å². The maximum Gasteiger partial charge on any atom is 0.144 e. The zero-order chi connectivity index (χ0) is 20.4. The van der Waals surface area contributed by atoms with Crippen LogP contribution in [-0.2, 0) is 6.42 Å². The molecule has 0 fully saturated rings. The molecule has 144 valence electrons. The molecule has 0 aliphatic rings. The molecule has 3 heteroatoms. The lowest BCUT2D eigenvalue weighted by atomic mass is 9.95. The van der Waals surface area contributed by atoms with E-state index in [2.05, 4.69) is 31.2 Å². The standard InChI is InChI=1S/C26H21F2N/c1-2-3-4-5-17-6-10-22-19(12-17)7-8-20-13-18(9-11-23(20)22)21-14-25(27)24(16-29)26(28)15-21/h6-15H,2-5H2,1H3. The summed E-state index contributed by atoms with van der Waals surface area (Å²) in [5.74, 6) is -1.67. The zero-order valence-electron chi connectivity index (χ0n) is 16.3. The molecule has 4 aromatic carbocycles. The number of unbranched alkanes of at least 4 members (excludes halogenated alkanes) is 2. The summed E-state index contributed by atoms with van der Waals surface area (Å²) in [5.41, 5.74) is 1.95. The summed E-state index contributed by atoms with van der Waals surface area (Å²) in [6.07, 6.45) is 4.76. The first-order valence-corrected chi connectivity index (χ1v) is 9.95. The summed E-state index contributed by atoms with van der Waals surface area (Å²) in [7, 11) is 0. The van der Waals surface area contributed by atoms with E-state index in [9.17, 15) is 8.78 Å². The molecule has 0 spiro atoms. The smallest absolute Gasteiger partial charge is 0.144 e.